The number of hydrogen-bond donors (Lipinski definition) is 0. The molecule has 0 unspecified atom stereocenters. The van der Waals surface area contributed by atoms with Crippen molar-refractivity contribution in [3.8, 4) is 17.2 Å². The average molecular weight is 551 g/mol. The molecule has 0 saturated heterocycles. The molecule has 11 heteroatoms. The van der Waals surface area contributed by atoms with Crippen LogP contribution in [0.15, 0.2) is 63.5 Å². The molecule has 0 bridgehead atoms. The van der Waals surface area contributed by atoms with E-state index in [9.17, 15) is 19.2 Å². The van der Waals surface area contributed by atoms with Crippen molar-refractivity contribution in [2.75, 3.05) is 13.7 Å². The van der Waals surface area contributed by atoms with E-state index in [1.807, 2.05) is 0 Å². The summed E-state index contributed by atoms with van der Waals surface area (Å²) in [5, 5.41) is 0. The lowest BCUT2D eigenvalue weighted by Gasteiger charge is -2.25. The van der Waals surface area contributed by atoms with Gasteiger partial charge in [-0.2, -0.15) is 0 Å². The molecule has 0 aliphatic carbocycles. The number of esters is 3. The lowest BCUT2D eigenvalue weighted by Crippen LogP contribution is -2.40. The number of methoxy groups -OCH3 is 1. The highest BCUT2D eigenvalue weighted by molar-refractivity contribution is 7.07. The highest BCUT2D eigenvalue weighted by Gasteiger charge is 2.34. The zero-order chi connectivity index (χ0) is 28.3. The van der Waals surface area contributed by atoms with Crippen LogP contribution in [0.25, 0.3) is 6.08 Å². The van der Waals surface area contributed by atoms with Crippen molar-refractivity contribution in [1.29, 1.82) is 0 Å². The molecule has 2 heterocycles. The monoisotopic (exact) mass is 550 g/mol. The van der Waals surface area contributed by atoms with Crippen LogP contribution in [0, 0.1) is 0 Å². The van der Waals surface area contributed by atoms with E-state index < -0.39 is 23.9 Å². The number of hydrogen-bond acceptors (Lipinski definition) is 10. The highest BCUT2D eigenvalue weighted by Crippen LogP contribution is 2.36. The van der Waals surface area contributed by atoms with E-state index in [-0.39, 0.29) is 29.2 Å². The first-order chi connectivity index (χ1) is 18.6. The van der Waals surface area contributed by atoms with Crippen molar-refractivity contribution in [2.24, 2.45) is 4.99 Å². The van der Waals surface area contributed by atoms with E-state index in [1.54, 1.807) is 62.4 Å². The molecule has 0 saturated carbocycles. The number of carbonyl (C=O) groups excluding carboxylic acids is 3. The highest BCUT2D eigenvalue weighted by atomic mass is 32.1. The predicted octanol–water partition coefficient (Wildman–Crippen LogP) is 2.66. The van der Waals surface area contributed by atoms with Gasteiger partial charge in [-0.25, -0.2) is 9.79 Å². The Bertz CT molecular complexity index is 1660. The molecule has 0 N–H and O–H groups in total. The number of carbonyl (C=O) groups is 3. The summed E-state index contributed by atoms with van der Waals surface area (Å²) in [6.07, 6.45) is 1.70. The molecule has 3 aromatic rings. The fraction of sp³-hybridized carbons (Fsp3) is 0.250. The number of ether oxygens (including phenoxy) is 4. The summed E-state index contributed by atoms with van der Waals surface area (Å²) in [6, 6.07) is 10.7. The number of allylic oxidation sites excluding steroid dienone is 1. The third kappa shape index (κ3) is 5.83. The second-order valence-corrected chi connectivity index (χ2v) is 9.48. The van der Waals surface area contributed by atoms with Gasteiger partial charge in [-0.1, -0.05) is 29.5 Å². The maximum atomic E-state index is 13.8. The van der Waals surface area contributed by atoms with Crippen LogP contribution >= 0.6 is 11.3 Å². The van der Waals surface area contributed by atoms with Gasteiger partial charge < -0.3 is 18.9 Å². The minimum absolute atomic E-state index is 0.144. The Morgan fingerprint density at radius 2 is 1.72 bits per heavy atom. The van der Waals surface area contributed by atoms with Crippen LogP contribution < -0.4 is 29.1 Å². The Hall–Kier alpha value is -4.51. The van der Waals surface area contributed by atoms with Gasteiger partial charge in [-0.15, -0.1) is 0 Å². The number of rotatable bonds is 7. The summed E-state index contributed by atoms with van der Waals surface area (Å²) in [5.41, 5.74) is 1.52. The third-order valence-electron chi connectivity index (χ3n) is 5.71. The summed E-state index contributed by atoms with van der Waals surface area (Å²) >= 11 is 1.18. The first-order valence-corrected chi connectivity index (χ1v) is 12.8. The lowest BCUT2D eigenvalue weighted by atomic mass is 9.95. The van der Waals surface area contributed by atoms with Crippen LogP contribution in [0.1, 0.15) is 44.9 Å². The van der Waals surface area contributed by atoms with Crippen molar-refractivity contribution >= 4 is 35.3 Å². The minimum atomic E-state index is -0.867. The van der Waals surface area contributed by atoms with Crippen molar-refractivity contribution in [1.82, 2.24) is 4.57 Å². The van der Waals surface area contributed by atoms with Crippen molar-refractivity contribution in [3.05, 3.63) is 84.5 Å². The van der Waals surface area contributed by atoms with E-state index in [2.05, 4.69) is 4.99 Å². The van der Waals surface area contributed by atoms with Crippen molar-refractivity contribution < 1.29 is 33.3 Å². The standard InChI is InChI=1S/C28H26N2O8S/c1-6-36-27(34)24-15(2)29-28-30(25(24)19-9-12-21(38-17(4)32)22(14-19)35-5)26(33)23(39-28)13-18-7-10-20(11-8-18)37-16(3)31/h7-14,25H,6H2,1-5H3/b23-13+/t25-/m0/s1. The summed E-state index contributed by atoms with van der Waals surface area (Å²) in [7, 11) is 1.43. The topological polar surface area (TPSA) is 122 Å². The van der Waals surface area contributed by atoms with Crippen LogP contribution in [-0.4, -0.2) is 36.2 Å². The van der Waals surface area contributed by atoms with Gasteiger partial charge in [0.05, 0.1) is 35.6 Å². The smallest absolute Gasteiger partial charge is 0.338 e. The number of nitrogens with zero attached hydrogens (tertiary/aromatic N) is 2. The van der Waals surface area contributed by atoms with Gasteiger partial charge in [0.15, 0.2) is 16.3 Å². The molecular formula is C28H26N2O8S. The Labute approximate surface area is 227 Å². The summed E-state index contributed by atoms with van der Waals surface area (Å²) in [5.74, 6) is -0.685. The van der Waals surface area contributed by atoms with E-state index in [0.717, 1.165) is 0 Å². The predicted molar refractivity (Wildman–Crippen MR) is 142 cm³/mol. The maximum absolute atomic E-state index is 13.8. The first-order valence-electron chi connectivity index (χ1n) is 12.0. The Morgan fingerprint density at radius 3 is 2.33 bits per heavy atom. The first kappa shape index (κ1) is 27.5. The molecule has 0 fully saturated rings. The zero-order valence-electron chi connectivity index (χ0n) is 22.0. The second kappa shape index (κ2) is 11.5. The van der Waals surface area contributed by atoms with Gasteiger partial charge in [0.25, 0.3) is 5.56 Å². The SMILES string of the molecule is CCOC(=O)C1=C(C)N=c2s/c(=C/c3ccc(OC(C)=O)cc3)c(=O)n2[C@H]1c1ccc(OC(C)=O)c(OC)c1. The maximum Gasteiger partial charge on any atom is 0.338 e. The van der Waals surface area contributed by atoms with Crippen LogP contribution in [0.5, 0.6) is 17.2 Å². The Kier molecular flexibility index (Phi) is 8.10. The normalized spacial score (nSPS) is 14.8. The van der Waals surface area contributed by atoms with Crippen molar-refractivity contribution in [2.45, 2.75) is 33.7 Å². The minimum Gasteiger partial charge on any atom is -0.493 e. The molecule has 1 aromatic heterocycles. The largest absolute Gasteiger partial charge is 0.493 e. The summed E-state index contributed by atoms with van der Waals surface area (Å²) < 4.78 is 22.9. The van der Waals surface area contributed by atoms with Gasteiger partial charge in [0, 0.05) is 13.8 Å². The van der Waals surface area contributed by atoms with Gasteiger partial charge in [-0.3, -0.25) is 19.0 Å². The quantitative estimate of drug-likeness (QED) is 0.325. The van der Waals surface area contributed by atoms with Gasteiger partial charge in [0.2, 0.25) is 0 Å². The summed E-state index contributed by atoms with van der Waals surface area (Å²) in [6.45, 7) is 6.12. The molecule has 10 nitrogen and oxygen atoms in total. The number of aromatic nitrogens is 1. The fourth-order valence-electron chi connectivity index (χ4n) is 4.15. The van der Waals surface area contributed by atoms with Crippen LogP contribution in [-0.2, 0) is 19.1 Å². The number of thiazole rings is 1. The van der Waals surface area contributed by atoms with Crippen LogP contribution in [0.4, 0.5) is 0 Å². The Balaban J connectivity index is 1.88. The Morgan fingerprint density at radius 1 is 1.03 bits per heavy atom. The van der Waals surface area contributed by atoms with Gasteiger partial charge >= 0.3 is 17.9 Å². The molecule has 1 aliphatic heterocycles. The molecule has 4 rings (SSSR count). The van der Waals surface area contributed by atoms with Crippen LogP contribution in [0.3, 0.4) is 0 Å². The average Bonchev–Trinajstić information content (AvgIpc) is 3.18. The molecule has 39 heavy (non-hydrogen) atoms. The zero-order valence-corrected chi connectivity index (χ0v) is 22.8. The van der Waals surface area contributed by atoms with Crippen LogP contribution in [0.2, 0.25) is 0 Å². The fourth-order valence-corrected chi connectivity index (χ4v) is 5.20. The van der Waals surface area contributed by atoms with Crippen molar-refractivity contribution in [3.63, 3.8) is 0 Å². The molecule has 1 aliphatic rings. The molecule has 1 atom stereocenters. The van der Waals surface area contributed by atoms with E-state index >= 15 is 0 Å². The molecule has 0 amide bonds. The molecule has 0 spiro atoms. The lowest BCUT2D eigenvalue weighted by molar-refractivity contribution is -0.139. The van der Waals surface area contributed by atoms with E-state index in [0.29, 0.717) is 31.9 Å². The van der Waals surface area contributed by atoms with Gasteiger partial charge in [0.1, 0.15) is 5.75 Å². The van der Waals surface area contributed by atoms with E-state index in [4.69, 9.17) is 18.9 Å². The number of fused-ring (bicyclic) bond motifs is 1. The second-order valence-electron chi connectivity index (χ2n) is 8.47. The molecular weight excluding hydrogens is 524 g/mol. The molecule has 202 valence electrons. The van der Waals surface area contributed by atoms with E-state index in [1.165, 1.54) is 36.9 Å². The summed E-state index contributed by atoms with van der Waals surface area (Å²) in [4.78, 5) is 54.5. The molecule has 2 aromatic carbocycles. The molecule has 0 radical (unpaired) electrons. The van der Waals surface area contributed by atoms with Gasteiger partial charge in [-0.05, 0) is 55.3 Å². The number of benzene rings is 2. The third-order valence-corrected chi connectivity index (χ3v) is 6.70.